The number of carbonyl (C=O) groups excluding carboxylic acids is 4. The summed E-state index contributed by atoms with van der Waals surface area (Å²) in [7, 11) is 0. The van der Waals surface area contributed by atoms with E-state index in [1.165, 1.54) is 0 Å². The molecule has 2 bridgehead atoms. The molecule has 4 heterocycles. The average molecular weight is 644 g/mol. The molecule has 254 valence electrons. The van der Waals surface area contributed by atoms with Crippen LogP contribution in [-0.4, -0.2) is 124 Å². The van der Waals surface area contributed by atoms with Crippen molar-refractivity contribution in [2.75, 3.05) is 72.4 Å². The predicted molar refractivity (Wildman–Crippen MR) is 168 cm³/mol. The molecule has 4 aliphatic rings. The Kier molecular flexibility index (Phi) is 13.0. The van der Waals surface area contributed by atoms with Gasteiger partial charge in [-0.05, 0) is 49.5 Å². The number of piperidine rings is 1. The Labute approximate surface area is 271 Å². The molecular weight excluding hydrogens is 594 g/mol. The zero-order valence-corrected chi connectivity index (χ0v) is 26.7. The second-order valence-electron chi connectivity index (χ2n) is 12.7. The van der Waals surface area contributed by atoms with Crippen LogP contribution in [0.1, 0.15) is 44.1 Å². The zero-order valence-electron chi connectivity index (χ0n) is 26.7. The number of hydrogen-bond donors (Lipinski definition) is 3. The summed E-state index contributed by atoms with van der Waals surface area (Å²) in [6.07, 6.45) is 3.46. The van der Waals surface area contributed by atoms with Gasteiger partial charge in [-0.15, -0.1) is 0 Å². The molecule has 0 unspecified atom stereocenters. The molecule has 1 aromatic rings. The van der Waals surface area contributed by atoms with E-state index in [-0.39, 0.29) is 73.6 Å². The van der Waals surface area contributed by atoms with E-state index < -0.39 is 0 Å². The summed E-state index contributed by atoms with van der Waals surface area (Å²) < 4.78 is 22.2. The van der Waals surface area contributed by atoms with Gasteiger partial charge in [0.25, 0.3) is 0 Å². The smallest absolute Gasteiger partial charge is 0.410 e. The maximum atomic E-state index is 13.6. The number of fused-ring (bicyclic) bond motifs is 3. The summed E-state index contributed by atoms with van der Waals surface area (Å²) >= 11 is 0. The number of nitrogens with one attached hydrogen (secondary N) is 3. The van der Waals surface area contributed by atoms with Crippen molar-refractivity contribution in [3.63, 3.8) is 0 Å². The van der Waals surface area contributed by atoms with Crippen molar-refractivity contribution in [1.29, 1.82) is 0 Å². The van der Waals surface area contributed by atoms with E-state index in [1.807, 2.05) is 30.3 Å². The molecule has 4 amide bonds. The Hall–Kier alpha value is -3.26. The van der Waals surface area contributed by atoms with Crippen molar-refractivity contribution in [3.05, 3.63) is 35.9 Å². The van der Waals surface area contributed by atoms with Gasteiger partial charge in [-0.25, -0.2) is 4.79 Å². The van der Waals surface area contributed by atoms with Crippen molar-refractivity contribution in [1.82, 2.24) is 25.8 Å². The lowest BCUT2D eigenvalue weighted by molar-refractivity contribution is -0.128. The molecule has 0 aromatic heterocycles. The minimum absolute atomic E-state index is 0.00814. The van der Waals surface area contributed by atoms with Crippen LogP contribution in [0.2, 0.25) is 0 Å². The lowest BCUT2D eigenvalue weighted by Gasteiger charge is -2.38. The topological polar surface area (TPSA) is 148 Å². The van der Waals surface area contributed by atoms with Crippen LogP contribution in [0.4, 0.5) is 4.79 Å². The second kappa shape index (κ2) is 17.6. The maximum absolute atomic E-state index is 13.6. The molecule has 13 nitrogen and oxygen atoms in total. The minimum Gasteiger partial charge on any atom is -0.445 e. The van der Waals surface area contributed by atoms with Gasteiger partial charge < -0.3 is 39.8 Å². The lowest BCUT2D eigenvalue weighted by Crippen LogP contribution is -2.50. The van der Waals surface area contributed by atoms with Crippen LogP contribution in [-0.2, 0) is 39.9 Å². The van der Waals surface area contributed by atoms with Crippen LogP contribution < -0.4 is 16.0 Å². The van der Waals surface area contributed by atoms with Gasteiger partial charge in [0.2, 0.25) is 17.7 Å². The molecular formula is C33H49N5O8. The molecule has 0 aliphatic carbocycles. The van der Waals surface area contributed by atoms with Gasteiger partial charge in [0.05, 0.1) is 25.9 Å². The normalized spacial score (nSPS) is 28.6. The van der Waals surface area contributed by atoms with Crippen LogP contribution in [0.5, 0.6) is 0 Å². The van der Waals surface area contributed by atoms with Gasteiger partial charge >= 0.3 is 6.09 Å². The molecule has 46 heavy (non-hydrogen) atoms. The SMILES string of the molecule is O=C1C[C@@H]2CCN(C(=O)OCc3ccccc3)C[C@@H]2CCNC(=O)[C@H]2C[C@H](CN2C2CCOCC2)NC(=O)COCCOCCN1. The maximum Gasteiger partial charge on any atom is 0.410 e. The number of carbonyl (C=O) groups is 4. The molecule has 13 heteroatoms. The Morgan fingerprint density at radius 3 is 2.43 bits per heavy atom. The van der Waals surface area contributed by atoms with E-state index in [0.29, 0.717) is 84.8 Å². The fourth-order valence-corrected chi connectivity index (χ4v) is 7.02. The molecule has 4 fully saturated rings. The summed E-state index contributed by atoms with van der Waals surface area (Å²) in [5.74, 6) is -0.277. The number of rotatable bonds is 3. The van der Waals surface area contributed by atoms with E-state index in [1.54, 1.807) is 4.90 Å². The van der Waals surface area contributed by atoms with Crippen LogP contribution in [0, 0.1) is 11.8 Å². The molecule has 0 spiro atoms. The summed E-state index contributed by atoms with van der Waals surface area (Å²) in [5, 5.41) is 9.14. The molecule has 0 radical (unpaired) electrons. The highest BCUT2D eigenvalue weighted by atomic mass is 16.6. The van der Waals surface area contributed by atoms with Crippen molar-refractivity contribution in [3.8, 4) is 0 Å². The monoisotopic (exact) mass is 643 g/mol. The largest absolute Gasteiger partial charge is 0.445 e. The second-order valence-corrected chi connectivity index (χ2v) is 12.7. The molecule has 4 aliphatic heterocycles. The van der Waals surface area contributed by atoms with Gasteiger partial charge in [0.15, 0.2) is 0 Å². The first-order chi connectivity index (χ1) is 22.5. The number of benzene rings is 1. The summed E-state index contributed by atoms with van der Waals surface area (Å²) in [6, 6.07) is 9.25. The molecule has 4 saturated heterocycles. The van der Waals surface area contributed by atoms with E-state index in [0.717, 1.165) is 18.4 Å². The number of ether oxygens (including phenoxy) is 4. The van der Waals surface area contributed by atoms with Crippen LogP contribution >= 0.6 is 0 Å². The number of nitrogens with zero attached hydrogens (tertiary/aromatic N) is 2. The van der Waals surface area contributed by atoms with Crippen LogP contribution in [0.25, 0.3) is 0 Å². The average Bonchev–Trinajstić information content (AvgIpc) is 3.49. The molecule has 4 atom stereocenters. The van der Waals surface area contributed by atoms with Crippen LogP contribution in [0.3, 0.4) is 0 Å². The molecule has 3 N–H and O–H groups in total. The first-order valence-electron chi connectivity index (χ1n) is 16.7. The van der Waals surface area contributed by atoms with Crippen molar-refractivity contribution in [2.24, 2.45) is 11.8 Å². The number of amides is 4. The highest BCUT2D eigenvalue weighted by Crippen LogP contribution is 2.30. The van der Waals surface area contributed by atoms with Crippen molar-refractivity contribution in [2.45, 2.75) is 63.3 Å². The third-order valence-electron chi connectivity index (χ3n) is 9.46. The van der Waals surface area contributed by atoms with Crippen LogP contribution in [0.15, 0.2) is 30.3 Å². The summed E-state index contributed by atoms with van der Waals surface area (Å²) in [6.45, 7) is 4.70. The van der Waals surface area contributed by atoms with Crippen molar-refractivity contribution >= 4 is 23.8 Å². The van der Waals surface area contributed by atoms with Gasteiger partial charge in [-0.1, -0.05) is 30.3 Å². The first-order valence-corrected chi connectivity index (χ1v) is 16.7. The third kappa shape index (κ3) is 10.1. The van der Waals surface area contributed by atoms with Crippen molar-refractivity contribution < 1.29 is 38.1 Å². The van der Waals surface area contributed by atoms with E-state index in [9.17, 15) is 19.2 Å². The van der Waals surface area contributed by atoms with Gasteiger partial charge in [-0.2, -0.15) is 0 Å². The lowest BCUT2D eigenvalue weighted by atomic mass is 9.81. The molecule has 5 rings (SSSR count). The number of likely N-dealkylation sites (tertiary alicyclic amines) is 2. The van der Waals surface area contributed by atoms with Gasteiger partial charge in [-0.3, -0.25) is 19.3 Å². The van der Waals surface area contributed by atoms with E-state index >= 15 is 0 Å². The standard InChI is InChI=1S/C33H49N5O8/c39-30-18-25-7-12-37(33(42)46-22-24-4-2-1-3-5-24)20-26(25)6-10-35-32(41)29-19-27(21-38(29)28-8-13-43-14-9-28)36-31(40)23-45-17-16-44-15-11-34-30/h1-5,25-29H,6-23H2,(H,34,39)(H,35,41)(H,36,40)/t25-,26-,27+,29+/m0/s1. The molecule has 0 saturated carbocycles. The highest BCUT2D eigenvalue weighted by Gasteiger charge is 2.41. The van der Waals surface area contributed by atoms with E-state index in [2.05, 4.69) is 20.9 Å². The Morgan fingerprint density at radius 1 is 0.826 bits per heavy atom. The highest BCUT2D eigenvalue weighted by molar-refractivity contribution is 5.83. The fourth-order valence-electron chi connectivity index (χ4n) is 7.02. The van der Waals surface area contributed by atoms with Gasteiger partial charge in [0, 0.05) is 64.4 Å². The quantitative estimate of drug-likeness (QED) is 0.440. The Morgan fingerprint density at radius 2 is 1.61 bits per heavy atom. The van der Waals surface area contributed by atoms with Gasteiger partial charge in [0.1, 0.15) is 13.2 Å². The minimum atomic E-state index is -0.370. The number of hydrogen-bond acceptors (Lipinski definition) is 9. The summed E-state index contributed by atoms with van der Waals surface area (Å²) in [4.78, 5) is 56.1. The Bertz CT molecular complexity index is 1150. The third-order valence-corrected chi connectivity index (χ3v) is 9.46. The zero-order chi connectivity index (χ0) is 32.1. The fraction of sp³-hybridized carbons (Fsp3) is 0.697. The first kappa shape index (κ1) is 34.1. The predicted octanol–water partition coefficient (Wildman–Crippen LogP) is 1.06. The van der Waals surface area contributed by atoms with E-state index in [4.69, 9.17) is 18.9 Å². The summed E-state index contributed by atoms with van der Waals surface area (Å²) in [5.41, 5.74) is 0.920. The molecule has 1 aromatic carbocycles. The Balaban J connectivity index is 1.23.